The molecule has 0 atom stereocenters. The van der Waals surface area contributed by atoms with Gasteiger partial charge >= 0.3 is 0 Å². The molecule has 76 valence electrons. The van der Waals surface area contributed by atoms with Crippen molar-refractivity contribution < 1.29 is 0 Å². The smallest absolute Gasteiger partial charge is 0.147 e. The number of aryl methyl sites for hydroxylation is 1. The number of anilines is 1. The fourth-order valence-electron chi connectivity index (χ4n) is 1.83. The van der Waals surface area contributed by atoms with Gasteiger partial charge in [0.1, 0.15) is 12.1 Å². The van der Waals surface area contributed by atoms with E-state index in [9.17, 15) is 0 Å². The SMILES string of the molecule is CN(C)Nc1ncnc2c1CCCC2. The molecule has 14 heavy (non-hydrogen) atoms. The number of nitrogens with zero attached hydrogens (tertiary/aromatic N) is 3. The Hall–Kier alpha value is -1.16. The summed E-state index contributed by atoms with van der Waals surface area (Å²) in [6.07, 6.45) is 6.36. The Morgan fingerprint density at radius 2 is 2.00 bits per heavy atom. The average molecular weight is 192 g/mol. The van der Waals surface area contributed by atoms with E-state index in [1.807, 2.05) is 19.1 Å². The number of hydrogen-bond acceptors (Lipinski definition) is 4. The number of nitrogens with one attached hydrogen (secondary N) is 1. The molecular formula is C10H16N4. The first-order chi connectivity index (χ1) is 6.77. The van der Waals surface area contributed by atoms with Crippen LogP contribution in [0.3, 0.4) is 0 Å². The topological polar surface area (TPSA) is 41.0 Å². The largest absolute Gasteiger partial charge is 0.303 e. The quantitative estimate of drug-likeness (QED) is 0.716. The molecule has 1 heterocycles. The van der Waals surface area contributed by atoms with E-state index in [-0.39, 0.29) is 0 Å². The lowest BCUT2D eigenvalue weighted by Crippen LogP contribution is -2.23. The zero-order chi connectivity index (χ0) is 9.97. The number of hydrogen-bond donors (Lipinski definition) is 1. The fraction of sp³-hybridized carbons (Fsp3) is 0.600. The van der Waals surface area contributed by atoms with Crippen LogP contribution >= 0.6 is 0 Å². The summed E-state index contributed by atoms with van der Waals surface area (Å²) in [5.74, 6) is 0.972. The molecule has 1 N–H and O–H groups in total. The molecule has 2 rings (SSSR count). The summed E-state index contributed by atoms with van der Waals surface area (Å²) in [5, 5.41) is 1.91. The number of fused-ring (bicyclic) bond motifs is 1. The summed E-state index contributed by atoms with van der Waals surface area (Å²) in [5.41, 5.74) is 5.73. The van der Waals surface area contributed by atoms with E-state index in [0.29, 0.717) is 0 Å². The van der Waals surface area contributed by atoms with Crippen LogP contribution in [-0.4, -0.2) is 29.1 Å². The van der Waals surface area contributed by atoms with Crippen molar-refractivity contribution in [3.8, 4) is 0 Å². The van der Waals surface area contributed by atoms with Crippen molar-refractivity contribution in [1.82, 2.24) is 15.0 Å². The first-order valence-electron chi connectivity index (χ1n) is 5.04. The molecule has 4 heteroatoms. The van der Waals surface area contributed by atoms with E-state index in [0.717, 1.165) is 18.7 Å². The van der Waals surface area contributed by atoms with Crippen molar-refractivity contribution in [2.45, 2.75) is 25.7 Å². The minimum atomic E-state index is 0.972. The minimum Gasteiger partial charge on any atom is -0.303 e. The first kappa shape index (κ1) is 9.40. The number of hydrazine groups is 1. The molecule has 1 aromatic rings. The van der Waals surface area contributed by atoms with Gasteiger partial charge in [-0.05, 0) is 25.7 Å². The average Bonchev–Trinajstić information content (AvgIpc) is 2.18. The predicted molar refractivity (Wildman–Crippen MR) is 56.0 cm³/mol. The van der Waals surface area contributed by atoms with E-state index in [4.69, 9.17) is 0 Å². The van der Waals surface area contributed by atoms with Gasteiger partial charge in [-0.1, -0.05) is 0 Å². The summed E-state index contributed by atoms with van der Waals surface area (Å²) >= 11 is 0. The lowest BCUT2D eigenvalue weighted by molar-refractivity contribution is 0.489. The summed E-state index contributed by atoms with van der Waals surface area (Å²) < 4.78 is 0. The lowest BCUT2D eigenvalue weighted by atomic mass is 9.97. The van der Waals surface area contributed by atoms with Crippen molar-refractivity contribution >= 4 is 5.82 Å². The van der Waals surface area contributed by atoms with Crippen LogP contribution in [0.2, 0.25) is 0 Å². The van der Waals surface area contributed by atoms with Crippen molar-refractivity contribution in [1.29, 1.82) is 0 Å². The monoisotopic (exact) mass is 192 g/mol. The Balaban J connectivity index is 2.30. The van der Waals surface area contributed by atoms with Crippen LogP contribution in [0.25, 0.3) is 0 Å². The number of rotatable bonds is 2. The molecule has 0 radical (unpaired) electrons. The minimum absolute atomic E-state index is 0.972. The predicted octanol–water partition coefficient (Wildman–Crippen LogP) is 1.24. The Morgan fingerprint density at radius 3 is 2.79 bits per heavy atom. The van der Waals surface area contributed by atoms with Gasteiger partial charge < -0.3 is 5.43 Å². The Kier molecular flexibility index (Phi) is 2.63. The molecule has 1 aromatic heterocycles. The zero-order valence-electron chi connectivity index (χ0n) is 8.75. The van der Waals surface area contributed by atoms with Gasteiger partial charge in [0.2, 0.25) is 0 Å². The summed E-state index contributed by atoms with van der Waals surface area (Å²) in [4.78, 5) is 8.59. The molecule has 0 spiro atoms. The third-order valence-corrected chi connectivity index (χ3v) is 2.45. The van der Waals surface area contributed by atoms with Crippen LogP contribution in [0.4, 0.5) is 5.82 Å². The maximum atomic E-state index is 4.32. The Bertz CT molecular complexity index is 322. The van der Waals surface area contributed by atoms with E-state index in [1.54, 1.807) is 6.33 Å². The molecule has 1 aliphatic carbocycles. The molecule has 0 saturated heterocycles. The van der Waals surface area contributed by atoms with Gasteiger partial charge in [-0.15, -0.1) is 0 Å². The van der Waals surface area contributed by atoms with Crippen LogP contribution in [0.5, 0.6) is 0 Å². The van der Waals surface area contributed by atoms with Crippen LogP contribution in [0, 0.1) is 0 Å². The highest BCUT2D eigenvalue weighted by molar-refractivity contribution is 5.46. The third kappa shape index (κ3) is 1.85. The second-order valence-corrected chi connectivity index (χ2v) is 3.86. The molecule has 0 fully saturated rings. The zero-order valence-corrected chi connectivity index (χ0v) is 8.75. The van der Waals surface area contributed by atoms with Gasteiger partial charge in [0.25, 0.3) is 0 Å². The van der Waals surface area contributed by atoms with Crippen LogP contribution < -0.4 is 5.43 Å². The maximum Gasteiger partial charge on any atom is 0.147 e. The van der Waals surface area contributed by atoms with Gasteiger partial charge in [-0.3, -0.25) is 0 Å². The molecule has 1 aliphatic rings. The van der Waals surface area contributed by atoms with Gasteiger partial charge in [0.05, 0.1) is 0 Å². The molecular weight excluding hydrogens is 176 g/mol. The molecule has 0 aliphatic heterocycles. The van der Waals surface area contributed by atoms with Crippen molar-refractivity contribution in [3.05, 3.63) is 17.6 Å². The van der Waals surface area contributed by atoms with Crippen molar-refractivity contribution in [2.75, 3.05) is 19.5 Å². The second kappa shape index (κ2) is 3.92. The van der Waals surface area contributed by atoms with Crippen LogP contribution in [0.1, 0.15) is 24.1 Å². The normalized spacial score (nSPS) is 15.4. The lowest BCUT2D eigenvalue weighted by Gasteiger charge is -2.20. The first-order valence-corrected chi connectivity index (χ1v) is 5.04. The standard InChI is InChI=1S/C10H16N4/c1-14(2)13-10-8-5-3-4-6-9(8)11-7-12-10/h7H,3-6H2,1-2H3,(H,11,12,13). The molecule has 0 aromatic carbocycles. The van der Waals surface area contributed by atoms with Crippen LogP contribution in [-0.2, 0) is 12.8 Å². The van der Waals surface area contributed by atoms with Gasteiger partial charge in [-0.25, -0.2) is 15.0 Å². The van der Waals surface area contributed by atoms with E-state index in [2.05, 4.69) is 15.4 Å². The van der Waals surface area contributed by atoms with Crippen LogP contribution in [0.15, 0.2) is 6.33 Å². The molecule has 0 saturated carbocycles. The summed E-state index contributed by atoms with van der Waals surface area (Å²) in [6, 6.07) is 0. The summed E-state index contributed by atoms with van der Waals surface area (Å²) in [7, 11) is 3.94. The molecule has 0 unspecified atom stereocenters. The highest BCUT2D eigenvalue weighted by Gasteiger charge is 2.15. The van der Waals surface area contributed by atoms with E-state index >= 15 is 0 Å². The second-order valence-electron chi connectivity index (χ2n) is 3.86. The van der Waals surface area contributed by atoms with E-state index < -0.39 is 0 Å². The highest BCUT2D eigenvalue weighted by atomic mass is 15.5. The fourth-order valence-corrected chi connectivity index (χ4v) is 1.83. The molecule has 4 nitrogen and oxygen atoms in total. The van der Waals surface area contributed by atoms with Crippen molar-refractivity contribution in [3.63, 3.8) is 0 Å². The number of aromatic nitrogens is 2. The van der Waals surface area contributed by atoms with Gasteiger partial charge in [0, 0.05) is 25.4 Å². The summed E-state index contributed by atoms with van der Waals surface area (Å²) in [6.45, 7) is 0. The van der Waals surface area contributed by atoms with Gasteiger partial charge in [0.15, 0.2) is 0 Å². The van der Waals surface area contributed by atoms with E-state index in [1.165, 1.54) is 24.1 Å². The van der Waals surface area contributed by atoms with Crippen molar-refractivity contribution in [2.24, 2.45) is 0 Å². The Morgan fingerprint density at radius 1 is 1.21 bits per heavy atom. The van der Waals surface area contributed by atoms with Gasteiger partial charge in [-0.2, -0.15) is 0 Å². The third-order valence-electron chi connectivity index (χ3n) is 2.45. The molecule has 0 amide bonds. The maximum absolute atomic E-state index is 4.32. The molecule has 0 bridgehead atoms. The highest BCUT2D eigenvalue weighted by Crippen LogP contribution is 2.24. The Labute approximate surface area is 84.3 Å².